The molecular formula is C14H14N4O. The first-order valence-corrected chi connectivity index (χ1v) is 6.12. The highest BCUT2D eigenvalue weighted by Crippen LogP contribution is 2.52. The normalized spacial score (nSPS) is 16.0. The molecule has 1 aliphatic rings. The van der Waals surface area contributed by atoms with Crippen molar-refractivity contribution in [2.45, 2.75) is 18.3 Å². The highest BCUT2D eigenvalue weighted by atomic mass is 16.1. The van der Waals surface area contributed by atoms with Crippen molar-refractivity contribution in [2.75, 3.05) is 5.73 Å². The summed E-state index contributed by atoms with van der Waals surface area (Å²) in [6.45, 7) is 0. The van der Waals surface area contributed by atoms with Crippen LogP contribution in [0.5, 0.6) is 0 Å². The fraction of sp³-hybridized carbons (Fsp3) is 0.214. The minimum atomic E-state index is -0.603. The number of carbonyl (C=O) groups is 1. The third-order valence-electron chi connectivity index (χ3n) is 3.59. The van der Waals surface area contributed by atoms with Gasteiger partial charge in [-0.25, -0.2) is 9.97 Å². The van der Waals surface area contributed by atoms with E-state index in [1.807, 2.05) is 18.2 Å². The lowest BCUT2D eigenvalue weighted by atomic mass is 9.95. The van der Waals surface area contributed by atoms with Crippen LogP contribution in [-0.2, 0) is 5.41 Å². The number of anilines is 1. The van der Waals surface area contributed by atoms with E-state index in [0.29, 0.717) is 5.82 Å². The van der Waals surface area contributed by atoms with Crippen molar-refractivity contribution < 1.29 is 4.79 Å². The summed E-state index contributed by atoms with van der Waals surface area (Å²) in [4.78, 5) is 19.7. The molecule has 19 heavy (non-hydrogen) atoms. The smallest absolute Gasteiger partial charge is 0.254 e. The molecule has 2 aromatic rings. The standard InChI is InChI=1S/C14H14N4O/c15-11-10(12(16)19)8-17-13(18-11)14(6-7-14)9-4-2-1-3-5-9/h1-5,8H,6-7H2,(H2,16,19)(H2,15,17,18). The van der Waals surface area contributed by atoms with Crippen LogP contribution in [0.25, 0.3) is 0 Å². The fourth-order valence-corrected chi connectivity index (χ4v) is 2.34. The highest BCUT2D eigenvalue weighted by molar-refractivity contribution is 5.96. The van der Waals surface area contributed by atoms with Gasteiger partial charge in [-0.3, -0.25) is 4.79 Å². The van der Waals surface area contributed by atoms with E-state index in [2.05, 4.69) is 22.1 Å². The first-order chi connectivity index (χ1) is 9.13. The third-order valence-corrected chi connectivity index (χ3v) is 3.59. The van der Waals surface area contributed by atoms with Crippen molar-refractivity contribution >= 4 is 11.7 Å². The van der Waals surface area contributed by atoms with Crippen LogP contribution in [0.15, 0.2) is 36.5 Å². The van der Waals surface area contributed by atoms with E-state index in [9.17, 15) is 4.79 Å². The molecule has 0 saturated heterocycles. The summed E-state index contributed by atoms with van der Waals surface area (Å²) in [5.41, 5.74) is 12.2. The van der Waals surface area contributed by atoms with Crippen molar-refractivity contribution in [2.24, 2.45) is 5.73 Å². The number of rotatable bonds is 3. The molecule has 0 bridgehead atoms. The van der Waals surface area contributed by atoms with Gasteiger partial charge < -0.3 is 11.5 Å². The number of amides is 1. The Labute approximate surface area is 110 Å². The van der Waals surface area contributed by atoms with Crippen LogP contribution in [-0.4, -0.2) is 15.9 Å². The number of primary amides is 1. The molecule has 1 aromatic heterocycles. The van der Waals surface area contributed by atoms with Gasteiger partial charge in [-0.15, -0.1) is 0 Å². The molecule has 1 saturated carbocycles. The van der Waals surface area contributed by atoms with E-state index >= 15 is 0 Å². The molecule has 5 heteroatoms. The minimum absolute atomic E-state index is 0.147. The van der Waals surface area contributed by atoms with Crippen LogP contribution in [0.1, 0.15) is 34.6 Å². The summed E-state index contributed by atoms with van der Waals surface area (Å²) in [5, 5.41) is 0. The molecule has 4 N–H and O–H groups in total. The average Bonchev–Trinajstić information content (AvgIpc) is 3.20. The maximum absolute atomic E-state index is 11.1. The Hall–Kier alpha value is -2.43. The second-order valence-electron chi connectivity index (χ2n) is 4.80. The van der Waals surface area contributed by atoms with Crippen LogP contribution in [0, 0.1) is 0 Å². The first-order valence-electron chi connectivity index (χ1n) is 6.12. The Balaban J connectivity index is 2.04. The molecule has 3 rings (SSSR count). The Kier molecular flexibility index (Phi) is 2.48. The number of nitrogen functional groups attached to an aromatic ring is 1. The summed E-state index contributed by atoms with van der Waals surface area (Å²) in [6, 6.07) is 10.1. The molecule has 0 atom stereocenters. The van der Waals surface area contributed by atoms with Crippen LogP contribution in [0.3, 0.4) is 0 Å². The molecule has 1 heterocycles. The Morgan fingerprint density at radius 2 is 1.89 bits per heavy atom. The number of nitrogens with two attached hydrogens (primary N) is 2. The average molecular weight is 254 g/mol. The Morgan fingerprint density at radius 3 is 2.42 bits per heavy atom. The van der Waals surface area contributed by atoms with Gasteiger partial charge in [0.25, 0.3) is 5.91 Å². The zero-order chi connectivity index (χ0) is 13.5. The van der Waals surface area contributed by atoms with Gasteiger partial charge in [0.1, 0.15) is 11.6 Å². The van der Waals surface area contributed by atoms with Gasteiger partial charge in [0.05, 0.1) is 11.0 Å². The molecule has 1 aliphatic carbocycles. The number of hydrogen-bond acceptors (Lipinski definition) is 4. The van der Waals surface area contributed by atoms with Crippen molar-refractivity contribution in [1.29, 1.82) is 0 Å². The van der Waals surface area contributed by atoms with Gasteiger partial charge in [0.2, 0.25) is 0 Å². The van der Waals surface area contributed by atoms with Gasteiger partial charge in [-0.1, -0.05) is 30.3 Å². The van der Waals surface area contributed by atoms with Gasteiger partial charge in [-0.2, -0.15) is 0 Å². The SMILES string of the molecule is NC(=O)c1cnc(C2(c3ccccc3)CC2)nc1N. The molecule has 5 nitrogen and oxygen atoms in total. The van der Waals surface area contributed by atoms with Crippen molar-refractivity contribution in [3.63, 3.8) is 0 Å². The van der Waals surface area contributed by atoms with E-state index in [1.54, 1.807) is 0 Å². The molecule has 0 unspecified atom stereocenters. The number of aromatic nitrogens is 2. The van der Waals surface area contributed by atoms with Gasteiger partial charge >= 0.3 is 0 Å². The summed E-state index contributed by atoms with van der Waals surface area (Å²) in [6.07, 6.45) is 3.40. The molecule has 96 valence electrons. The Bertz CT molecular complexity index is 635. The highest BCUT2D eigenvalue weighted by Gasteiger charge is 2.48. The predicted octanol–water partition coefficient (Wildman–Crippen LogP) is 1.24. The van der Waals surface area contributed by atoms with E-state index in [-0.39, 0.29) is 16.8 Å². The lowest BCUT2D eigenvalue weighted by molar-refractivity contribution is 0.100. The molecule has 0 spiro atoms. The molecule has 1 fully saturated rings. The maximum atomic E-state index is 11.1. The zero-order valence-electron chi connectivity index (χ0n) is 10.3. The van der Waals surface area contributed by atoms with Crippen LogP contribution < -0.4 is 11.5 Å². The van der Waals surface area contributed by atoms with Crippen molar-refractivity contribution in [3.05, 3.63) is 53.5 Å². The zero-order valence-corrected chi connectivity index (χ0v) is 10.3. The second-order valence-corrected chi connectivity index (χ2v) is 4.80. The van der Waals surface area contributed by atoms with Gasteiger partial charge in [0.15, 0.2) is 0 Å². The van der Waals surface area contributed by atoms with E-state index in [1.165, 1.54) is 11.8 Å². The number of hydrogen-bond donors (Lipinski definition) is 2. The third kappa shape index (κ3) is 1.83. The number of carbonyl (C=O) groups excluding carboxylic acids is 1. The van der Waals surface area contributed by atoms with Gasteiger partial charge in [0, 0.05) is 6.20 Å². The van der Waals surface area contributed by atoms with E-state index in [0.717, 1.165) is 12.8 Å². The molecule has 0 aliphatic heterocycles. The summed E-state index contributed by atoms with van der Waals surface area (Å²) < 4.78 is 0. The second kappa shape index (κ2) is 4.05. The van der Waals surface area contributed by atoms with Crippen molar-refractivity contribution in [1.82, 2.24) is 9.97 Å². The molecule has 0 radical (unpaired) electrons. The van der Waals surface area contributed by atoms with Gasteiger partial charge in [-0.05, 0) is 18.4 Å². The lowest BCUT2D eigenvalue weighted by Gasteiger charge is -2.15. The number of benzene rings is 1. The fourth-order valence-electron chi connectivity index (χ4n) is 2.34. The minimum Gasteiger partial charge on any atom is -0.383 e. The molecule has 1 amide bonds. The topological polar surface area (TPSA) is 94.9 Å². The Morgan fingerprint density at radius 1 is 1.21 bits per heavy atom. The quantitative estimate of drug-likeness (QED) is 0.861. The van der Waals surface area contributed by atoms with E-state index in [4.69, 9.17) is 11.5 Å². The predicted molar refractivity (Wildman–Crippen MR) is 71.4 cm³/mol. The first kappa shape index (κ1) is 11.6. The lowest BCUT2D eigenvalue weighted by Crippen LogP contribution is -2.19. The summed E-state index contributed by atoms with van der Waals surface area (Å²) in [5.74, 6) is 0.217. The number of nitrogens with zero attached hydrogens (tertiary/aromatic N) is 2. The van der Waals surface area contributed by atoms with Crippen LogP contribution in [0.4, 0.5) is 5.82 Å². The summed E-state index contributed by atoms with van der Waals surface area (Å²) >= 11 is 0. The van der Waals surface area contributed by atoms with Crippen LogP contribution >= 0.6 is 0 Å². The molecular weight excluding hydrogens is 240 g/mol. The van der Waals surface area contributed by atoms with E-state index < -0.39 is 5.91 Å². The molecule has 1 aromatic carbocycles. The largest absolute Gasteiger partial charge is 0.383 e. The maximum Gasteiger partial charge on any atom is 0.254 e. The summed E-state index contributed by atoms with van der Waals surface area (Å²) in [7, 11) is 0. The van der Waals surface area contributed by atoms with Crippen molar-refractivity contribution in [3.8, 4) is 0 Å². The van der Waals surface area contributed by atoms with Crippen LogP contribution in [0.2, 0.25) is 0 Å². The monoisotopic (exact) mass is 254 g/mol.